The molecule has 2 saturated heterocycles. The van der Waals surface area contributed by atoms with Gasteiger partial charge in [-0.1, -0.05) is 12.1 Å². The van der Waals surface area contributed by atoms with E-state index in [0.29, 0.717) is 41.5 Å². The van der Waals surface area contributed by atoms with Crippen molar-refractivity contribution in [3.63, 3.8) is 0 Å². The number of rotatable bonds is 9. The van der Waals surface area contributed by atoms with Crippen molar-refractivity contribution in [2.24, 2.45) is 5.73 Å². The van der Waals surface area contributed by atoms with Gasteiger partial charge in [0.15, 0.2) is 11.5 Å². The third-order valence-electron chi connectivity index (χ3n) is 8.33. The second-order valence-corrected chi connectivity index (χ2v) is 11.4. The van der Waals surface area contributed by atoms with E-state index < -0.39 is 5.91 Å². The van der Waals surface area contributed by atoms with Gasteiger partial charge in [-0.2, -0.15) is 0 Å². The minimum absolute atomic E-state index is 0.0534. The first kappa shape index (κ1) is 29.3. The summed E-state index contributed by atoms with van der Waals surface area (Å²) in [5.41, 5.74) is 8.46. The molecule has 0 bridgehead atoms. The highest BCUT2D eigenvalue weighted by Crippen LogP contribution is 2.30. The van der Waals surface area contributed by atoms with Crippen molar-refractivity contribution in [2.75, 3.05) is 43.5 Å². The smallest absolute Gasteiger partial charge is 0.271 e. The lowest BCUT2D eigenvalue weighted by Crippen LogP contribution is -2.48. The van der Waals surface area contributed by atoms with E-state index in [1.807, 2.05) is 12.1 Å². The van der Waals surface area contributed by atoms with E-state index in [9.17, 15) is 9.59 Å². The van der Waals surface area contributed by atoms with Crippen molar-refractivity contribution >= 4 is 29.1 Å². The monoisotopic (exact) mass is 571 g/mol. The van der Waals surface area contributed by atoms with Gasteiger partial charge in [0.05, 0.1) is 13.3 Å². The van der Waals surface area contributed by atoms with E-state index in [2.05, 4.69) is 51.4 Å². The molecular formula is C32H41N7O3. The minimum Gasteiger partial charge on any atom is -0.497 e. The SMILES string of the molecule is COc1ccc(C(=O)NC2CCCN(c3cnc(C(N)=O)c(Nc4ccc(C5CCN(C(C)C)CC5)cc4)n3)C2)cc1. The first-order chi connectivity index (χ1) is 20.3. The fourth-order valence-electron chi connectivity index (χ4n) is 5.84. The largest absolute Gasteiger partial charge is 0.497 e. The van der Waals surface area contributed by atoms with Crippen molar-refractivity contribution in [3.05, 3.63) is 71.5 Å². The Kier molecular flexibility index (Phi) is 9.22. The van der Waals surface area contributed by atoms with Gasteiger partial charge in [0.2, 0.25) is 0 Å². The van der Waals surface area contributed by atoms with E-state index in [0.717, 1.165) is 51.0 Å². The van der Waals surface area contributed by atoms with Gasteiger partial charge in [0, 0.05) is 36.4 Å². The van der Waals surface area contributed by atoms with Gasteiger partial charge in [-0.3, -0.25) is 9.59 Å². The average molecular weight is 572 g/mol. The van der Waals surface area contributed by atoms with Crippen molar-refractivity contribution in [2.45, 2.75) is 57.5 Å². The molecule has 4 N–H and O–H groups in total. The third kappa shape index (κ3) is 6.99. The van der Waals surface area contributed by atoms with Crippen LogP contribution in [0.25, 0.3) is 0 Å². The van der Waals surface area contributed by atoms with Gasteiger partial charge >= 0.3 is 0 Å². The van der Waals surface area contributed by atoms with Gasteiger partial charge in [0.25, 0.3) is 11.8 Å². The van der Waals surface area contributed by atoms with Crippen molar-refractivity contribution < 1.29 is 14.3 Å². The number of amides is 2. The third-order valence-corrected chi connectivity index (χ3v) is 8.33. The summed E-state index contributed by atoms with van der Waals surface area (Å²) in [4.78, 5) is 38.8. The Balaban J connectivity index is 1.25. The molecule has 10 nitrogen and oxygen atoms in total. The van der Waals surface area contributed by atoms with Crippen LogP contribution >= 0.6 is 0 Å². The summed E-state index contributed by atoms with van der Waals surface area (Å²) >= 11 is 0. The maximum Gasteiger partial charge on any atom is 0.271 e. The van der Waals surface area contributed by atoms with Crippen LogP contribution in [-0.4, -0.2) is 72.1 Å². The van der Waals surface area contributed by atoms with Crippen LogP contribution in [0.1, 0.15) is 71.9 Å². The second kappa shape index (κ2) is 13.2. The maximum atomic E-state index is 12.8. The van der Waals surface area contributed by atoms with E-state index in [1.165, 1.54) is 5.56 Å². The topological polar surface area (TPSA) is 126 Å². The van der Waals surface area contributed by atoms with Crippen LogP contribution in [0, 0.1) is 0 Å². The first-order valence-corrected chi connectivity index (χ1v) is 14.8. The molecule has 3 heterocycles. The number of carbonyl (C=O) groups excluding carboxylic acids is 2. The molecule has 5 rings (SSSR count). The number of ether oxygens (including phenoxy) is 1. The highest BCUT2D eigenvalue weighted by Gasteiger charge is 2.25. The highest BCUT2D eigenvalue weighted by atomic mass is 16.5. The summed E-state index contributed by atoms with van der Waals surface area (Å²) in [6, 6.07) is 15.9. The van der Waals surface area contributed by atoms with Gasteiger partial charge in [0.1, 0.15) is 11.6 Å². The molecule has 0 aliphatic carbocycles. The van der Waals surface area contributed by atoms with Gasteiger partial charge < -0.3 is 30.9 Å². The summed E-state index contributed by atoms with van der Waals surface area (Å²) in [6.45, 7) is 8.10. The second-order valence-electron chi connectivity index (χ2n) is 11.4. The molecule has 0 saturated carbocycles. The normalized spacial score (nSPS) is 18.1. The van der Waals surface area contributed by atoms with Crippen LogP contribution in [0.2, 0.25) is 0 Å². The molecule has 2 aliphatic rings. The number of nitrogens with zero attached hydrogens (tertiary/aromatic N) is 4. The molecule has 2 aromatic carbocycles. The van der Waals surface area contributed by atoms with Gasteiger partial charge in [-0.25, -0.2) is 9.97 Å². The van der Waals surface area contributed by atoms with Crippen LogP contribution in [0.5, 0.6) is 5.75 Å². The Morgan fingerprint density at radius 2 is 1.71 bits per heavy atom. The van der Waals surface area contributed by atoms with E-state index in [1.54, 1.807) is 37.6 Å². The number of benzene rings is 2. The molecule has 2 aliphatic heterocycles. The van der Waals surface area contributed by atoms with Crippen LogP contribution in [-0.2, 0) is 0 Å². The first-order valence-electron chi connectivity index (χ1n) is 14.8. The van der Waals surface area contributed by atoms with Crippen molar-refractivity contribution in [1.29, 1.82) is 0 Å². The average Bonchev–Trinajstić information content (AvgIpc) is 3.01. The molecule has 1 aromatic heterocycles. The lowest BCUT2D eigenvalue weighted by Gasteiger charge is -2.34. The fraction of sp³-hybridized carbons (Fsp3) is 0.438. The molecule has 3 aromatic rings. The summed E-state index contributed by atoms with van der Waals surface area (Å²) in [7, 11) is 1.60. The molecule has 0 spiro atoms. The molecule has 222 valence electrons. The van der Waals surface area contributed by atoms with Crippen LogP contribution in [0.15, 0.2) is 54.7 Å². The molecule has 0 radical (unpaired) electrons. The van der Waals surface area contributed by atoms with Gasteiger partial charge in [-0.05, 0) is 100 Å². The number of likely N-dealkylation sites (tertiary alicyclic amines) is 1. The Morgan fingerprint density at radius 3 is 2.36 bits per heavy atom. The molecular weight excluding hydrogens is 530 g/mol. The zero-order valence-corrected chi connectivity index (χ0v) is 24.7. The van der Waals surface area contributed by atoms with Gasteiger partial charge in [-0.15, -0.1) is 0 Å². The number of nitrogens with one attached hydrogen (secondary N) is 2. The Bertz CT molecular complexity index is 1370. The minimum atomic E-state index is -0.645. The number of hydrogen-bond acceptors (Lipinski definition) is 8. The Hall–Kier alpha value is -4.18. The Morgan fingerprint density at radius 1 is 1.00 bits per heavy atom. The van der Waals surface area contributed by atoms with E-state index in [4.69, 9.17) is 15.5 Å². The van der Waals surface area contributed by atoms with Crippen molar-refractivity contribution in [1.82, 2.24) is 20.2 Å². The molecule has 2 fully saturated rings. The van der Waals surface area contributed by atoms with E-state index in [-0.39, 0.29) is 17.6 Å². The number of piperidine rings is 2. The highest BCUT2D eigenvalue weighted by molar-refractivity contribution is 5.96. The van der Waals surface area contributed by atoms with Crippen LogP contribution < -0.4 is 26.0 Å². The standard InChI is InChI=1S/C32H41N7O3/c1-21(2)38-17-14-23(15-18-38)22-6-10-25(11-7-22)35-31-29(30(33)40)34-19-28(37-31)39-16-4-5-26(20-39)36-32(41)24-8-12-27(42-3)13-9-24/h6-13,19,21,23,26H,4-5,14-18,20H2,1-3H3,(H2,33,40)(H,35,37)(H,36,41). The predicted molar refractivity (Wildman–Crippen MR) is 165 cm³/mol. The number of methoxy groups -OCH3 is 1. The number of anilines is 3. The zero-order chi connectivity index (χ0) is 29.6. The predicted octanol–water partition coefficient (Wildman–Crippen LogP) is 4.31. The lowest BCUT2D eigenvalue weighted by molar-refractivity contribution is 0.0931. The molecule has 1 atom stereocenters. The fourth-order valence-corrected chi connectivity index (χ4v) is 5.84. The van der Waals surface area contributed by atoms with Crippen LogP contribution in [0.4, 0.5) is 17.3 Å². The molecule has 1 unspecified atom stereocenters. The zero-order valence-electron chi connectivity index (χ0n) is 24.7. The molecule has 10 heteroatoms. The Labute approximate surface area is 247 Å². The number of nitrogens with two attached hydrogens (primary N) is 1. The number of hydrogen-bond donors (Lipinski definition) is 3. The molecule has 2 amide bonds. The summed E-state index contributed by atoms with van der Waals surface area (Å²) < 4.78 is 5.19. The quantitative estimate of drug-likeness (QED) is 0.347. The summed E-state index contributed by atoms with van der Waals surface area (Å²) in [5, 5.41) is 6.40. The number of primary amides is 1. The van der Waals surface area contributed by atoms with Crippen LogP contribution in [0.3, 0.4) is 0 Å². The summed E-state index contributed by atoms with van der Waals surface area (Å²) in [6.07, 6.45) is 5.63. The summed E-state index contributed by atoms with van der Waals surface area (Å²) in [5.74, 6) is 1.43. The number of aromatic nitrogens is 2. The number of carbonyl (C=O) groups is 2. The lowest BCUT2D eigenvalue weighted by atomic mass is 9.89. The van der Waals surface area contributed by atoms with E-state index >= 15 is 0 Å². The van der Waals surface area contributed by atoms with Crippen molar-refractivity contribution in [3.8, 4) is 5.75 Å². The molecule has 42 heavy (non-hydrogen) atoms. The maximum absolute atomic E-state index is 12.8.